The van der Waals surface area contributed by atoms with Gasteiger partial charge >= 0.3 is 0 Å². The smallest absolute Gasteiger partial charge is 0.262 e. The second kappa shape index (κ2) is 7.71. The zero-order valence-corrected chi connectivity index (χ0v) is 15.5. The monoisotopic (exact) mass is 381 g/mol. The highest BCUT2D eigenvalue weighted by molar-refractivity contribution is 7.16. The topological polar surface area (TPSA) is 92.7 Å². The Morgan fingerprint density at radius 1 is 1.26 bits per heavy atom. The average Bonchev–Trinajstić information content (AvgIpc) is 3.31. The van der Waals surface area contributed by atoms with Crippen molar-refractivity contribution in [1.29, 1.82) is 0 Å². The van der Waals surface area contributed by atoms with E-state index in [1.807, 2.05) is 29.6 Å². The summed E-state index contributed by atoms with van der Waals surface area (Å²) in [6.07, 6.45) is 3.33. The summed E-state index contributed by atoms with van der Waals surface area (Å²) in [7, 11) is 0. The summed E-state index contributed by atoms with van der Waals surface area (Å²) in [6, 6.07) is 9.68. The van der Waals surface area contributed by atoms with Gasteiger partial charge in [-0.15, -0.1) is 11.3 Å². The van der Waals surface area contributed by atoms with Gasteiger partial charge in [0.1, 0.15) is 10.7 Å². The van der Waals surface area contributed by atoms with Gasteiger partial charge in [-0.1, -0.05) is 12.1 Å². The van der Waals surface area contributed by atoms with E-state index in [0.29, 0.717) is 18.5 Å². The van der Waals surface area contributed by atoms with Gasteiger partial charge in [-0.25, -0.2) is 9.97 Å². The highest BCUT2D eigenvalue weighted by Gasteiger charge is 2.07. The van der Waals surface area contributed by atoms with Crippen LogP contribution in [-0.4, -0.2) is 32.0 Å². The number of H-pyrrole nitrogens is 1. The molecule has 0 bridgehead atoms. The molecule has 0 aliphatic rings. The number of hydrogen-bond acceptors (Lipinski definition) is 5. The third-order valence-corrected chi connectivity index (χ3v) is 5.20. The summed E-state index contributed by atoms with van der Waals surface area (Å²) in [6.45, 7) is 0.902. The number of aromatic nitrogens is 4. The van der Waals surface area contributed by atoms with Crippen LogP contribution < -0.4 is 10.9 Å². The molecule has 0 saturated carbocycles. The van der Waals surface area contributed by atoms with E-state index in [0.717, 1.165) is 34.5 Å². The molecule has 3 aromatic heterocycles. The van der Waals surface area contributed by atoms with Gasteiger partial charge in [0.25, 0.3) is 5.56 Å². The lowest BCUT2D eigenvalue weighted by Gasteiger charge is -2.06. The zero-order chi connectivity index (χ0) is 18.6. The maximum Gasteiger partial charge on any atom is 0.262 e. The minimum Gasteiger partial charge on any atom is -0.356 e. The minimum absolute atomic E-state index is 0.0723. The normalized spacial score (nSPS) is 11.3. The summed E-state index contributed by atoms with van der Waals surface area (Å²) in [5.41, 5.74) is 1.88. The molecule has 8 heteroatoms. The number of imidazole rings is 1. The lowest BCUT2D eigenvalue weighted by Crippen LogP contribution is -2.28. The van der Waals surface area contributed by atoms with Crippen molar-refractivity contribution >= 4 is 38.5 Å². The Bertz CT molecular complexity index is 1110. The van der Waals surface area contributed by atoms with Crippen LogP contribution >= 0.6 is 11.3 Å². The number of nitrogens with zero attached hydrogens (tertiary/aromatic N) is 3. The number of nitrogens with one attached hydrogen (secondary N) is 2. The first-order valence-corrected chi connectivity index (χ1v) is 9.71. The number of para-hydroxylation sites is 2. The van der Waals surface area contributed by atoms with Crippen LogP contribution in [-0.2, 0) is 17.8 Å². The Labute approximate surface area is 159 Å². The number of carbonyl (C=O) groups excluding carboxylic acids is 1. The van der Waals surface area contributed by atoms with E-state index < -0.39 is 0 Å². The number of thiophene rings is 1. The molecule has 0 atom stereocenters. The first-order valence-electron chi connectivity index (χ1n) is 8.84. The molecular formula is C19H19N5O2S. The van der Waals surface area contributed by atoms with Gasteiger partial charge in [-0.05, 0) is 30.0 Å². The van der Waals surface area contributed by atoms with Crippen molar-refractivity contribution in [3.63, 3.8) is 0 Å². The number of hydrogen-bond donors (Lipinski definition) is 2. The van der Waals surface area contributed by atoms with Gasteiger partial charge in [0.15, 0.2) is 0 Å². The number of rotatable bonds is 7. The lowest BCUT2D eigenvalue weighted by molar-refractivity contribution is -0.121. The lowest BCUT2D eigenvalue weighted by atomic mass is 10.3. The van der Waals surface area contributed by atoms with Crippen molar-refractivity contribution in [2.75, 3.05) is 6.54 Å². The fraction of sp³-hybridized carbons (Fsp3) is 0.263. The predicted molar refractivity (Wildman–Crippen MR) is 106 cm³/mol. The van der Waals surface area contributed by atoms with Crippen molar-refractivity contribution in [1.82, 2.24) is 24.8 Å². The first-order chi connectivity index (χ1) is 13.2. The largest absolute Gasteiger partial charge is 0.356 e. The van der Waals surface area contributed by atoms with Gasteiger partial charge in [0.05, 0.1) is 22.7 Å². The van der Waals surface area contributed by atoms with E-state index in [1.54, 1.807) is 6.07 Å². The Kier molecular flexibility index (Phi) is 4.97. The molecule has 2 N–H and O–H groups in total. The van der Waals surface area contributed by atoms with E-state index in [2.05, 4.69) is 20.3 Å². The molecule has 4 rings (SSSR count). The second-order valence-electron chi connectivity index (χ2n) is 6.29. The molecule has 0 radical (unpaired) electrons. The number of carbonyl (C=O) groups is 1. The van der Waals surface area contributed by atoms with Crippen LogP contribution in [0.3, 0.4) is 0 Å². The van der Waals surface area contributed by atoms with Gasteiger partial charge < -0.3 is 10.3 Å². The molecule has 0 spiro atoms. The van der Waals surface area contributed by atoms with Crippen LogP contribution in [0.4, 0.5) is 0 Å². The van der Waals surface area contributed by atoms with Crippen LogP contribution in [0.25, 0.3) is 21.3 Å². The third-order valence-electron chi connectivity index (χ3n) is 4.38. The molecule has 4 aromatic rings. The number of aryl methyl sites for hydroxylation is 2. The van der Waals surface area contributed by atoms with Gasteiger partial charge in [0, 0.05) is 25.9 Å². The Balaban J connectivity index is 1.23. The fourth-order valence-electron chi connectivity index (χ4n) is 2.97. The van der Waals surface area contributed by atoms with E-state index >= 15 is 0 Å². The fourth-order valence-corrected chi connectivity index (χ4v) is 3.69. The van der Waals surface area contributed by atoms with Gasteiger partial charge in [-0.2, -0.15) is 0 Å². The number of amides is 1. The van der Waals surface area contributed by atoms with Crippen LogP contribution in [0.15, 0.2) is 46.8 Å². The summed E-state index contributed by atoms with van der Waals surface area (Å²) in [5, 5.41) is 5.34. The molecule has 0 fully saturated rings. The quantitative estimate of drug-likeness (QED) is 0.481. The zero-order valence-electron chi connectivity index (χ0n) is 14.6. The maximum absolute atomic E-state index is 12.3. The van der Waals surface area contributed by atoms with Crippen molar-refractivity contribution in [3.05, 3.63) is 58.2 Å². The first kappa shape index (κ1) is 17.4. The summed E-state index contributed by atoms with van der Waals surface area (Å²) in [5.74, 6) is 0.851. The van der Waals surface area contributed by atoms with E-state index in [9.17, 15) is 9.59 Å². The summed E-state index contributed by atoms with van der Waals surface area (Å²) < 4.78 is 1.49. The predicted octanol–water partition coefficient (Wildman–Crippen LogP) is 2.47. The number of fused-ring (bicyclic) bond motifs is 2. The number of benzene rings is 1. The molecule has 1 aromatic carbocycles. The Hall–Kier alpha value is -3.00. The Morgan fingerprint density at radius 3 is 3.04 bits per heavy atom. The van der Waals surface area contributed by atoms with Crippen LogP contribution in [0.2, 0.25) is 0 Å². The highest BCUT2D eigenvalue weighted by Crippen LogP contribution is 2.13. The van der Waals surface area contributed by atoms with Crippen molar-refractivity contribution in [2.45, 2.75) is 25.8 Å². The molecular weight excluding hydrogens is 362 g/mol. The van der Waals surface area contributed by atoms with Crippen LogP contribution in [0.5, 0.6) is 0 Å². The molecule has 1 amide bonds. The van der Waals surface area contributed by atoms with Gasteiger partial charge in [-0.3, -0.25) is 14.2 Å². The summed E-state index contributed by atoms with van der Waals surface area (Å²) >= 11 is 1.44. The molecule has 0 aliphatic heterocycles. The molecule has 138 valence electrons. The molecule has 0 aliphatic carbocycles. The molecule has 0 unspecified atom stereocenters. The third kappa shape index (κ3) is 3.90. The minimum atomic E-state index is -0.0982. The van der Waals surface area contributed by atoms with E-state index in [-0.39, 0.29) is 17.9 Å². The second-order valence-corrected chi connectivity index (χ2v) is 7.18. The average molecular weight is 381 g/mol. The van der Waals surface area contributed by atoms with Crippen molar-refractivity contribution in [2.24, 2.45) is 0 Å². The summed E-state index contributed by atoms with van der Waals surface area (Å²) in [4.78, 5) is 37.1. The van der Waals surface area contributed by atoms with E-state index in [1.165, 1.54) is 22.2 Å². The highest BCUT2D eigenvalue weighted by atomic mass is 32.1. The molecule has 7 nitrogen and oxygen atoms in total. The molecule has 3 heterocycles. The maximum atomic E-state index is 12.3. The van der Waals surface area contributed by atoms with Crippen molar-refractivity contribution in [3.8, 4) is 0 Å². The molecule has 0 saturated heterocycles. The van der Waals surface area contributed by atoms with Crippen LogP contribution in [0.1, 0.15) is 18.7 Å². The molecule has 27 heavy (non-hydrogen) atoms. The standard InChI is InChI=1S/C19H19N5O2S/c25-17(7-10-24-12-21-18-13(19(24)26)8-11-27-18)20-9-3-6-16-22-14-4-1-2-5-15(14)23-16/h1-2,4-5,8,11-12H,3,6-7,9-10H2,(H,20,25)(H,22,23). The van der Waals surface area contributed by atoms with E-state index in [4.69, 9.17) is 0 Å². The SMILES string of the molecule is O=C(CCn1cnc2sccc2c1=O)NCCCc1nc2ccccc2[nH]1. The van der Waals surface area contributed by atoms with Crippen molar-refractivity contribution < 1.29 is 4.79 Å². The van der Waals surface area contributed by atoms with Crippen LogP contribution in [0, 0.1) is 0 Å². The Morgan fingerprint density at radius 2 is 2.15 bits per heavy atom. The number of aromatic amines is 1. The van der Waals surface area contributed by atoms with Gasteiger partial charge in [0.2, 0.25) is 5.91 Å².